The van der Waals surface area contributed by atoms with E-state index in [1.54, 1.807) is 6.26 Å². The molecule has 0 radical (unpaired) electrons. The number of aliphatic hydroxyl groups excluding tert-OH is 1. The van der Waals surface area contributed by atoms with E-state index >= 15 is 0 Å². The summed E-state index contributed by atoms with van der Waals surface area (Å²) in [4.78, 5) is 2.18. The Bertz CT molecular complexity index is 965. The highest BCUT2D eigenvalue weighted by atomic mass is 16.7. The van der Waals surface area contributed by atoms with Gasteiger partial charge in [-0.2, -0.15) is 5.10 Å². The summed E-state index contributed by atoms with van der Waals surface area (Å²) in [6, 6.07) is 9.89. The van der Waals surface area contributed by atoms with Gasteiger partial charge in [0.1, 0.15) is 5.76 Å². The van der Waals surface area contributed by atoms with E-state index in [4.69, 9.17) is 13.9 Å². The van der Waals surface area contributed by atoms with Crippen molar-refractivity contribution < 1.29 is 19.0 Å². The van der Waals surface area contributed by atoms with Crippen LogP contribution in [0.2, 0.25) is 0 Å². The summed E-state index contributed by atoms with van der Waals surface area (Å²) in [5.41, 5.74) is 4.27. The summed E-state index contributed by atoms with van der Waals surface area (Å²) < 4.78 is 18.4. The molecule has 2 aromatic heterocycles. The van der Waals surface area contributed by atoms with E-state index in [-0.39, 0.29) is 6.79 Å². The van der Waals surface area contributed by atoms with E-state index in [1.807, 2.05) is 48.9 Å². The molecule has 29 heavy (non-hydrogen) atoms. The minimum Gasteiger partial charge on any atom is -0.468 e. The van der Waals surface area contributed by atoms with E-state index < -0.39 is 6.10 Å². The van der Waals surface area contributed by atoms with Gasteiger partial charge in [0.15, 0.2) is 11.5 Å². The average molecular weight is 397 g/mol. The van der Waals surface area contributed by atoms with Gasteiger partial charge in [-0.3, -0.25) is 9.58 Å². The lowest BCUT2D eigenvalue weighted by Gasteiger charge is -2.25. The predicted octanol–water partition coefficient (Wildman–Crippen LogP) is 3.19. The highest BCUT2D eigenvalue weighted by Gasteiger charge is 2.20. The number of furan rings is 1. The standard InChI is InChI=1S/C22H27N3O4/c1-15-7-21-22(29-14-28-21)9-18(15)10-24(13-20-5-4-6-27-20)11-19(26)12-25-17(3)8-16(2)23-25/h4-9,19,26H,10-14H2,1-3H3/t19-/m0/s1. The van der Waals surface area contributed by atoms with Crippen LogP contribution in [-0.2, 0) is 19.6 Å². The number of aryl methyl sites for hydroxylation is 3. The van der Waals surface area contributed by atoms with Crippen molar-refractivity contribution in [1.82, 2.24) is 14.7 Å². The normalized spacial score (nSPS) is 14.0. The Morgan fingerprint density at radius 1 is 1.14 bits per heavy atom. The zero-order chi connectivity index (χ0) is 20.4. The number of rotatable bonds is 8. The molecule has 4 rings (SSSR count). The second-order valence-corrected chi connectivity index (χ2v) is 7.64. The molecular weight excluding hydrogens is 370 g/mol. The topological polar surface area (TPSA) is 72.9 Å². The van der Waals surface area contributed by atoms with E-state index in [2.05, 4.69) is 16.9 Å². The second kappa shape index (κ2) is 8.31. The van der Waals surface area contributed by atoms with Crippen LogP contribution in [0, 0.1) is 20.8 Å². The third kappa shape index (κ3) is 4.63. The molecule has 1 N–H and O–H groups in total. The summed E-state index contributed by atoms with van der Waals surface area (Å²) in [6.07, 6.45) is 1.11. The van der Waals surface area contributed by atoms with Crippen LogP contribution in [0.15, 0.2) is 41.0 Å². The number of ether oxygens (including phenoxy) is 2. The molecule has 154 valence electrons. The van der Waals surface area contributed by atoms with Crippen molar-refractivity contribution in [2.75, 3.05) is 13.3 Å². The summed E-state index contributed by atoms with van der Waals surface area (Å²) in [5.74, 6) is 2.42. The second-order valence-electron chi connectivity index (χ2n) is 7.64. The molecule has 3 heterocycles. The third-order valence-corrected chi connectivity index (χ3v) is 5.14. The maximum Gasteiger partial charge on any atom is 0.231 e. The number of nitrogens with zero attached hydrogens (tertiary/aromatic N) is 3. The summed E-state index contributed by atoms with van der Waals surface area (Å²) in [6.45, 7) is 8.50. The number of hydrogen-bond donors (Lipinski definition) is 1. The Labute approximate surface area is 170 Å². The minimum atomic E-state index is -0.558. The number of aliphatic hydroxyl groups is 1. The van der Waals surface area contributed by atoms with Gasteiger partial charge >= 0.3 is 0 Å². The predicted molar refractivity (Wildman–Crippen MR) is 108 cm³/mol. The first-order valence-electron chi connectivity index (χ1n) is 9.81. The fraction of sp³-hybridized carbons (Fsp3) is 0.409. The van der Waals surface area contributed by atoms with Crippen molar-refractivity contribution in [3.63, 3.8) is 0 Å². The molecule has 0 saturated heterocycles. The zero-order valence-electron chi connectivity index (χ0n) is 17.1. The molecule has 0 unspecified atom stereocenters. The van der Waals surface area contributed by atoms with E-state index in [1.165, 1.54) is 0 Å². The summed E-state index contributed by atoms with van der Waals surface area (Å²) in [5, 5.41) is 15.2. The van der Waals surface area contributed by atoms with Crippen molar-refractivity contribution in [1.29, 1.82) is 0 Å². The molecular formula is C22H27N3O4. The summed E-state index contributed by atoms with van der Waals surface area (Å²) in [7, 11) is 0. The van der Waals surface area contributed by atoms with Crippen LogP contribution in [0.25, 0.3) is 0 Å². The lowest BCUT2D eigenvalue weighted by molar-refractivity contribution is 0.0838. The quantitative estimate of drug-likeness (QED) is 0.629. The number of hydrogen-bond acceptors (Lipinski definition) is 6. The zero-order valence-corrected chi connectivity index (χ0v) is 17.1. The van der Waals surface area contributed by atoms with Gasteiger partial charge in [0.05, 0.1) is 31.2 Å². The van der Waals surface area contributed by atoms with E-state index in [9.17, 15) is 5.11 Å². The first-order valence-corrected chi connectivity index (χ1v) is 9.81. The van der Waals surface area contributed by atoms with Crippen molar-refractivity contribution in [3.05, 3.63) is 64.9 Å². The molecule has 0 amide bonds. The highest BCUT2D eigenvalue weighted by molar-refractivity contribution is 5.48. The van der Waals surface area contributed by atoms with E-state index in [0.717, 1.165) is 39.8 Å². The SMILES string of the molecule is Cc1cc(C)n(C[C@@H](O)CN(Cc2ccco2)Cc2cc3c(cc2C)OCO3)n1. The Hall–Kier alpha value is -2.77. The first-order chi connectivity index (χ1) is 14.0. The molecule has 0 saturated carbocycles. The van der Waals surface area contributed by atoms with Gasteiger partial charge in [-0.1, -0.05) is 0 Å². The van der Waals surface area contributed by atoms with Crippen LogP contribution in [0.4, 0.5) is 0 Å². The third-order valence-electron chi connectivity index (χ3n) is 5.14. The maximum absolute atomic E-state index is 10.8. The molecule has 3 aromatic rings. The number of aromatic nitrogens is 2. The lowest BCUT2D eigenvalue weighted by atomic mass is 10.1. The smallest absolute Gasteiger partial charge is 0.231 e. The van der Waals surface area contributed by atoms with Gasteiger partial charge in [-0.05, 0) is 62.2 Å². The van der Waals surface area contributed by atoms with Crippen molar-refractivity contribution in [2.45, 2.75) is 46.5 Å². The molecule has 7 heteroatoms. The van der Waals surface area contributed by atoms with Crippen LogP contribution < -0.4 is 9.47 Å². The summed E-state index contributed by atoms with van der Waals surface area (Å²) >= 11 is 0. The van der Waals surface area contributed by atoms with Crippen LogP contribution in [0.3, 0.4) is 0 Å². The molecule has 0 spiro atoms. The van der Waals surface area contributed by atoms with E-state index in [0.29, 0.717) is 26.2 Å². The van der Waals surface area contributed by atoms with Crippen molar-refractivity contribution in [3.8, 4) is 11.5 Å². The van der Waals surface area contributed by atoms with Crippen LogP contribution in [0.5, 0.6) is 11.5 Å². The molecule has 0 bridgehead atoms. The molecule has 7 nitrogen and oxygen atoms in total. The Balaban J connectivity index is 1.49. The highest BCUT2D eigenvalue weighted by Crippen LogP contribution is 2.35. The molecule has 1 atom stereocenters. The fourth-order valence-corrected chi connectivity index (χ4v) is 3.72. The molecule has 0 aliphatic carbocycles. The Kier molecular flexibility index (Phi) is 5.60. The number of benzene rings is 1. The van der Waals surface area contributed by atoms with Gasteiger partial charge in [0, 0.05) is 18.8 Å². The maximum atomic E-state index is 10.8. The van der Waals surface area contributed by atoms with Crippen molar-refractivity contribution in [2.24, 2.45) is 0 Å². The average Bonchev–Trinajstić information content (AvgIpc) is 3.38. The minimum absolute atomic E-state index is 0.260. The van der Waals surface area contributed by atoms with Gasteiger partial charge < -0.3 is 19.0 Å². The molecule has 1 aliphatic rings. The monoisotopic (exact) mass is 397 g/mol. The van der Waals surface area contributed by atoms with Gasteiger partial charge in [-0.15, -0.1) is 0 Å². The largest absolute Gasteiger partial charge is 0.468 e. The molecule has 0 fully saturated rings. The van der Waals surface area contributed by atoms with Gasteiger partial charge in [0.2, 0.25) is 6.79 Å². The van der Waals surface area contributed by atoms with Crippen LogP contribution in [0.1, 0.15) is 28.3 Å². The van der Waals surface area contributed by atoms with Crippen molar-refractivity contribution >= 4 is 0 Å². The molecule has 1 aromatic carbocycles. The van der Waals surface area contributed by atoms with Crippen LogP contribution in [-0.4, -0.2) is 39.2 Å². The first kappa shape index (κ1) is 19.5. The van der Waals surface area contributed by atoms with Gasteiger partial charge in [0.25, 0.3) is 0 Å². The lowest BCUT2D eigenvalue weighted by Crippen LogP contribution is -2.34. The fourth-order valence-electron chi connectivity index (χ4n) is 3.72. The number of fused-ring (bicyclic) bond motifs is 1. The van der Waals surface area contributed by atoms with Gasteiger partial charge in [-0.25, -0.2) is 0 Å². The Morgan fingerprint density at radius 3 is 2.62 bits per heavy atom. The van der Waals surface area contributed by atoms with Crippen LogP contribution >= 0.6 is 0 Å². The molecule has 1 aliphatic heterocycles. The Morgan fingerprint density at radius 2 is 1.93 bits per heavy atom.